The molecule has 164 valence electrons. The molecule has 0 aromatic heterocycles. The molecule has 0 spiro atoms. The molecule has 2 atom stereocenters. The minimum Gasteiger partial charge on any atom is -0.325 e. The number of aliphatic imine (C=N–C) groups is 1. The van der Waals surface area contributed by atoms with Crippen LogP contribution >= 0.6 is 11.8 Å². The summed E-state index contributed by atoms with van der Waals surface area (Å²) >= 11 is 1.10. The van der Waals surface area contributed by atoms with Crippen LogP contribution in [0.25, 0.3) is 0 Å². The third-order valence-electron chi connectivity index (χ3n) is 5.28. The zero-order chi connectivity index (χ0) is 22.3. The molecule has 1 amide bonds. The van der Waals surface area contributed by atoms with Gasteiger partial charge in [-0.05, 0) is 43.2 Å². The minimum atomic E-state index is -3.31. The highest BCUT2D eigenvalue weighted by molar-refractivity contribution is 8.14. The number of hydrogen-bond donors (Lipinski definition) is 1. The number of amidine groups is 1. The van der Waals surface area contributed by atoms with Gasteiger partial charge < -0.3 is 10.2 Å². The topological polar surface area (TPSA) is 78.8 Å². The van der Waals surface area contributed by atoms with E-state index >= 15 is 0 Å². The molecule has 6 nitrogen and oxygen atoms in total. The number of nitrogens with one attached hydrogen (secondary N) is 1. The summed E-state index contributed by atoms with van der Waals surface area (Å²) in [6, 6.07) is 7.76. The highest BCUT2D eigenvalue weighted by Crippen LogP contribution is 2.36. The second-order valence-corrected chi connectivity index (χ2v) is 10.8. The largest absolute Gasteiger partial charge is 0.325 e. The molecule has 0 radical (unpaired) electrons. The molecule has 0 aliphatic carbocycles. The summed E-state index contributed by atoms with van der Waals surface area (Å²) in [6.07, 6.45) is 0. The molecule has 2 aromatic carbocycles. The van der Waals surface area contributed by atoms with Crippen LogP contribution in [-0.4, -0.2) is 48.8 Å². The Balaban J connectivity index is 1.54. The van der Waals surface area contributed by atoms with Crippen molar-refractivity contribution < 1.29 is 22.0 Å². The van der Waals surface area contributed by atoms with E-state index in [0.717, 1.165) is 35.0 Å². The van der Waals surface area contributed by atoms with Crippen LogP contribution in [-0.2, 0) is 14.6 Å². The van der Waals surface area contributed by atoms with Gasteiger partial charge in [-0.3, -0.25) is 9.79 Å². The zero-order valence-electron chi connectivity index (χ0n) is 16.9. The Morgan fingerprint density at radius 1 is 1.19 bits per heavy atom. The van der Waals surface area contributed by atoms with E-state index in [1.165, 1.54) is 11.0 Å². The van der Waals surface area contributed by atoms with Crippen molar-refractivity contribution in [3.63, 3.8) is 0 Å². The van der Waals surface area contributed by atoms with Gasteiger partial charge in [0.25, 0.3) is 0 Å². The van der Waals surface area contributed by atoms with Gasteiger partial charge in [0.15, 0.2) is 15.0 Å². The average molecular weight is 466 g/mol. The summed E-state index contributed by atoms with van der Waals surface area (Å²) in [5, 5.41) is 3.21. The lowest BCUT2D eigenvalue weighted by Crippen LogP contribution is -2.40. The first-order valence-corrected chi connectivity index (χ1v) is 12.5. The number of rotatable bonds is 4. The van der Waals surface area contributed by atoms with Crippen LogP contribution < -0.4 is 10.2 Å². The molecule has 10 heteroatoms. The molecule has 2 aliphatic rings. The SMILES string of the molecule is Cc1ccc(C)c(NC(=O)CSC2=NC3CS(=O)(=O)CC3N2c2ccc(F)cc2F)c1. The summed E-state index contributed by atoms with van der Waals surface area (Å²) in [5.74, 6) is -2.08. The number of aryl methyl sites for hydroxylation is 2. The Kier molecular flexibility index (Phi) is 5.78. The van der Waals surface area contributed by atoms with Crippen molar-refractivity contribution in [1.29, 1.82) is 0 Å². The van der Waals surface area contributed by atoms with Crippen molar-refractivity contribution in [1.82, 2.24) is 0 Å². The molecular weight excluding hydrogens is 444 g/mol. The number of carbonyl (C=O) groups is 1. The molecule has 1 saturated heterocycles. The number of sulfone groups is 1. The molecule has 2 heterocycles. The van der Waals surface area contributed by atoms with E-state index in [9.17, 15) is 22.0 Å². The van der Waals surface area contributed by atoms with Crippen molar-refractivity contribution in [2.75, 3.05) is 27.5 Å². The number of amides is 1. The van der Waals surface area contributed by atoms with Gasteiger partial charge in [-0.25, -0.2) is 17.2 Å². The van der Waals surface area contributed by atoms with E-state index in [1.807, 2.05) is 32.0 Å². The maximum absolute atomic E-state index is 14.5. The monoisotopic (exact) mass is 465 g/mol. The second-order valence-electron chi connectivity index (χ2n) is 7.74. The summed E-state index contributed by atoms with van der Waals surface area (Å²) < 4.78 is 52.1. The lowest BCUT2D eigenvalue weighted by molar-refractivity contribution is -0.113. The van der Waals surface area contributed by atoms with Gasteiger partial charge in [0, 0.05) is 11.8 Å². The van der Waals surface area contributed by atoms with Gasteiger partial charge >= 0.3 is 0 Å². The first-order chi connectivity index (χ1) is 14.6. The lowest BCUT2D eigenvalue weighted by Gasteiger charge is -2.26. The van der Waals surface area contributed by atoms with Gasteiger partial charge in [-0.15, -0.1) is 0 Å². The average Bonchev–Trinajstić information content (AvgIpc) is 3.14. The van der Waals surface area contributed by atoms with E-state index in [0.29, 0.717) is 10.9 Å². The van der Waals surface area contributed by atoms with Gasteiger partial charge in [-0.2, -0.15) is 0 Å². The predicted octanol–water partition coefficient (Wildman–Crippen LogP) is 3.30. The Labute approximate surface area is 183 Å². The number of halogens is 2. The van der Waals surface area contributed by atoms with Crippen LogP contribution in [0.4, 0.5) is 20.2 Å². The second kappa shape index (κ2) is 8.23. The lowest BCUT2D eigenvalue weighted by atomic mass is 10.1. The van der Waals surface area contributed by atoms with Crippen molar-refractivity contribution in [2.24, 2.45) is 4.99 Å². The maximum Gasteiger partial charge on any atom is 0.234 e. The van der Waals surface area contributed by atoms with Crippen LogP contribution in [0.3, 0.4) is 0 Å². The molecular formula is C21H21F2N3O3S2. The first-order valence-electron chi connectivity index (χ1n) is 9.65. The van der Waals surface area contributed by atoms with E-state index in [-0.39, 0.29) is 28.9 Å². The Hall–Kier alpha value is -2.46. The molecule has 0 bridgehead atoms. The molecule has 1 fully saturated rings. The van der Waals surface area contributed by atoms with E-state index in [4.69, 9.17) is 0 Å². The Morgan fingerprint density at radius 3 is 2.71 bits per heavy atom. The number of carbonyl (C=O) groups excluding carboxylic acids is 1. The molecule has 2 aromatic rings. The van der Waals surface area contributed by atoms with Crippen LogP contribution in [0, 0.1) is 25.5 Å². The van der Waals surface area contributed by atoms with Crippen molar-refractivity contribution >= 4 is 44.0 Å². The Morgan fingerprint density at radius 2 is 1.97 bits per heavy atom. The number of thioether (sulfide) groups is 1. The van der Waals surface area contributed by atoms with E-state index < -0.39 is 33.6 Å². The van der Waals surface area contributed by atoms with E-state index in [2.05, 4.69) is 10.3 Å². The van der Waals surface area contributed by atoms with Crippen LogP contribution in [0.5, 0.6) is 0 Å². The molecule has 2 aliphatic heterocycles. The smallest absolute Gasteiger partial charge is 0.234 e. The van der Waals surface area contributed by atoms with Crippen LogP contribution in [0.15, 0.2) is 41.4 Å². The number of fused-ring (bicyclic) bond motifs is 1. The molecule has 31 heavy (non-hydrogen) atoms. The molecule has 0 saturated carbocycles. The van der Waals surface area contributed by atoms with Crippen molar-refractivity contribution in [3.05, 3.63) is 59.2 Å². The number of anilines is 2. The fourth-order valence-corrected chi connectivity index (χ4v) is 6.54. The van der Waals surface area contributed by atoms with Crippen molar-refractivity contribution in [2.45, 2.75) is 25.9 Å². The van der Waals surface area contributed by atoms with Crippen LogP contribution in [0.2, 0.25) is 0 Å². The fourth-order valence-electron chi connectivity index (χ4n) is 3.78. The van der Waals surface area contributed by atoms with Crippen LogP contribution in [0.1, 0.15) is 11.1 Å². The first kappa shape index (κ1) is 21.8. The number of hydrogen-bond acceptors (Lipinski definition) is 6. The van der Waals surface area contributed by atoms with Gasteiger partial charge in [0.2, 0.25) is 5.91 Å². The molecule has 1 N–H and O–H groups in total. The normalized spacial score (nSPS) is 21.7. The highest BCUT2D eigenvalue weighted by Gasteiger charge is 2.47. The number of nitrogens with zero attached hydrogens (tertiary/aromatic N) is 2. The zero-order valence-corrected chi connectivity index (χ0v) is 18.6. The maximum atomic E-state index is 14.5. The van der Waals surface area contributed by atoms with Gasteiger partial charge in [0.05, 0.1) is 35.0 Å². The standard InChI is InChI=1S/C21H21F2N3O3S2/c1-12-3-4-13(2)16(7-12)24-20(27)9-30-21-25-17-10-31(28,29)11-19(17)26(21)18-6-5-14(22)8-15(18)23/h3-8,17,19H,9-11H2,1-2H3,(H,24,27). The quantitative estimate of drug-likeness (QED) is 0.750. The minimum absolute atomic E-state index is 0.0116. The summed E-state index contributed by atoms with van der Waals surface area (Å²) in [5.41, 5.74) is 2.70. The molecule has 2 unspecified atom stereocenters. The molecule has 4 rings (SSSR count). The fraction of sp³-hybridized carbons (Fsp3) is 0.333. The van der Waals surface area contributed by atoms with Gasteiger partial charge in [0.1, 0.15) is 11.6 Å². The highest BCUT2D eigenvalue weighted by atomic mass is 32.2. The third kappa shape index (κ3) is 4.59. The van der Waals surface area contributed by atoms with Crippen molar-refractivity contribution in [3.8, 4) is 0 Å². The summed E-state index contributed by atoms with van der Waals surface area (Å²) in [4.78, 5) is 18.5. The summed E-state index contributed by atoms with van der Waals surface area (Å²) in [6.45, 7) is 3.82. The van der Waals surface area contributed by atoms with E-state index in [1.54, 1.807) is 0 Å². The predicted molar refractivity (Wildman–Crippen MR) is 120 cm³/mol. The number of benzene rings is 2. The Bertz CT molecular complexity index is 1180. The van der Waals surface area contributed by atoms with Gasteiger partial charge in [-0.1, -0.05) is 23.9 Å². The third-order valence-corrected chi connectivity index (χ3v) is 7.94. The summed E-state index contributed by atoms with van der Waals surface area (Å²) in [7, 11) is -3.31.